The van der Waals surface area contributed by atoms with Gasteiger partial charge >= 0.3 is 5.97 Å². The van der Waals surface area contributed by atoms with Crippen LogP contribution in [0.2, 0.25) is 10.0 Å². The van der Waals surface area contributed by atoms with Crippen LogP contribution >= 0.6 is 34.5 Å². The van der Waals surface area contributed by atoms with Gasteiger partial charge in [0.25, 0.3) is 0 Å². The van der Waals surface area contributed by atoms with Crippen molar-refractivity contribution in [2.75, 3.05) is 4.90 Å². The zero-order valence-electron chi connectivity index (χ0n) is 14.5. The van der Waals surface area contributed by atoms with Crippen LogP contribution in [-0.2, 0) is 16.1 Å². The molecule has 1 amide bonds. The van der Waals surface area contributed by atoms with E-state index >= 15 is 0 Å². The number of carbonyl (C=O) groups excluding carboxylic acids is 2. The average Bonchev–Trinajstić information content (AvgIpc) is 3.08. The maximum Gasteiger partial charge on any atom is 0.343 e. The third-order valence-corrected chi connectivity index (χ3v) is 5.05. The molecule has 3 rings (SSSR count). The summed E-state index contributed by atoms with van der Waals surface area (Å²) in [6.07, 6.45) is 0. The van der Waals surface area contributed by atoms with Gasteiger partial charge in [0.05, 0.1) is 16.4 Å². The van der Waals surface area contributed by atoms with Crippen molar-refractivity contribution in [3.05, 3.63) is 75.0 Å². The van der Waals surface area contributed by atoms with Crippen LogP contribution in [0.15, 0.2) is 47.8 Å². The zero-order valence-corrected chi connectivity index (χ0v) is 16.8. The molecule has 0 bridgehead atoms. The number of nitrogens with zero attached hydrogens (tertiary/aromatic N) is 2. The molecule has 1 heterocycles. The van der Waals surface area contributed by atoms with Crippen molar-refractivity contribution >= 4 is 57.2 Å². The minimum absolute atomic E-state index is 0.0346. The summed E-state index contributed by atoms with van der Waals surface area (Å²) in [5.74, 6) is -1.91. The fraction of sp³-hybridized carbons (Fsp3) is 0.105. The lowest BCUT2D eigenvalue weighted by atomic mass is 10.2. The number of anilines is 2. The van der Waals surface area contributed by atoms with Crippen molar-refractivity contribution in [3.8, 4) is 0 Å². The Morgan fingerprint density at radius 1 is 1.21 bits per heavy atom. The Bertz CT molecular complexity index is 1020. The average molecular weight is 439 g/mol. The molecule has 3 aromatic rings. The smallest absolute Gasteiger partial charge is 0.343 e. The van der Waals surface area contributed by atoms with Crippen LogP contribution in [0.5, 0.6) is 0 Å². The fourth-order valence-corrected chi connectivity index (χ4v) is 3.71. The van der Waals surface area contributed by atoms with E-state index in [0.29, 0.717) is 21.5 Å². The summed E-state index contributed by atoms with van der Waals surface area (Å²) in [7, 11) is 0. The lowest BCUT2D eigenvalue weighted by Crippen LogP contribution is -2.22. The molecule has 0 N–H and O–H groups in total. The molecule has 0 aliphatic heterocycles. The molecule has 0 radical (unpaired) electrons. The maximum atomic E-state index is 13.8. The minimum atomic E-state index is -0.893. The second-order valence-electron chi connectivity index (χ2n) is 5.63. The molecule has 28 heavy (non-hydrogen) atoms. The normalized spacial score (nSPS) is 10.6. The lowest BCUT2D eigenvalue weighted by Gasteiger charge is -2.18. The summed E-state index contributed by atoms with van der Waals surface area (Å²) < 4.78 is 18.9. The van der Waals surface area contributed by atoms with Gasteiger partial charge in [0, 0.05) is 17.3 Å². The summed E-state index contributed by atoms with van der Waals surface area (Å²) in [6, 6.07) is 10.7. The summed E-state index contributed by atoms with van der Waals surface area (Å²) in [6.45, 7) is 1.21. The van der Waals surface area contributed by atoms with E-state index in [1.807, 2.05) is 0 Å². The van der Waals surface area contributed by atoms with Crippen molar-refractivity contribution < 1.29 is 18.7 Å². The molecule has 0 saturated heterocycles. The van der Waals surface area contributed by atoms with Crippen LogP contribution in [0.1, 0.15) is 23.0 Å². The van der Waals surface area contributed by atoms with Crippen molar-refractivity contribution in [1.29, 1.82) is 0 Å². The minimum Gasteiger partial charge on any atom is -0.455 e. The SMILES string of the molecule is CC(=O)N(c1cccc(Cl)c1)c1nc(COC(=O)c2c(F)cccc2Cl)cs1. The van der Waals surface area contributed by atoms with E-state index in [9.17, 15) is 14.0 Å². The van der Waals surface area contributed by atoms with Crippen LogP contribution in [-0.4, -0.2) is 16.9 Å². The van der Waals surface area contributed by atoms with Gasteiger partial charge in [0.15, 0.2) is 5.13 Å². The molecule has 144 valence electrons. The van der Waals surface area contributed by atoms with E-state index in [1.165, 1.54) is 35.3 Å². The highest BCUT2D eigenvalue weighted by Gasteiger charge is 2.20. The van der Waals surface area contributed by atoms with Crippen LogP contribution < -0.4 is 4.90 Å². The summed E-state index contributed by atoms with van der Waals surface area (Å²) in [5.41, 5.74) is 0.647. The molecule has 5 nitrogen and oxygen atoms in total. The molecule has 0 fully saturated rings. The first-order valence-corrected chi connectivity index (χ1v) is 9.62. The number of benzene rings is 2. The van der Waals surface area contributed by atoms with Gasteiger partial charge in [-0.1, -0.05) is 35.3 Å². The van der Waals surface area contributed by atoms with E-state index < -0.39 is 11.8 Å². The van der Waals surface area contributed by atoms with E-state index in [1.54, 1.807) is 29.6 Å². The Balaban J connectivity index is 1.76. The standard InChI is InChI=1S/C19H13Cl2FN2O3S/c1-11(25)24(14-5-2-4-12(20)8-14)19-23-13(10-28-19)9-27-18(26)17-15(21)6-3-7-16(17)22/h2-8,10H,9H2,1H3. The first-order valence-electron chi connectivity index (χ1n) is 7.98. The van der Waals surface area contributed by atoms with Gasteiger partial charge in [-0.15, -0.1) is 11.3 Å². The van der Waals surface area contributed by atoms with Crippen molar-refractivity contribution in [1.82, 2.24) is 4.98 Å². The summed E-state index contributed by atoms with van der Waals surface area (Å²) in [4.78, 5) is 29.9. The highest BCUT2D eigenvalue weighted by molar-refractivity contribution is 7.14. The second-order valence-corrected chi connectivity index (χ2v) is 7.31. The Labute approximate surface area is 174 Å². The molecule has 0 aliphatic carbocycles. The highest BCUT2D eigenvalue weighted by atomic mass is 35.5. The van der Waals surface area contributed by atoms with Gasteiger partial charge in [0.2, 0.25) is 5.91 Å². The number of amides is 1. The predicted octanol–water partition coefficient (Wildman–Crippen LogP) is 5.63. The largest absolute Gasteiger partial charge is 0.455 e. The van der Waals surface area contributed by atoms with Gasteiger partial charge in [-0.05, 0) is 30.3 Å². The lowest BCUT2D eigenvalue weighted by molar-refractivity contribution is -0.115. The van der Waals surface area contributed by atoms with Crippen LogP contribution in [0.3, 0.4) is 0 Å². The molecule has 0 atom stereocenters. The first-order chi connectivity index (χ1) is 13.4. The summed E-state index contributed by atoms with van der Waals surface area (Å²) in [5, 5.41) is 2.49. The number of esters is 1. The first kappa shape index (κ1) is 20.3. The highest BCUT2D eigenvalue weighted by Crippen LogP contribution is 2.30. The van der Waals surface area contributed by atoms with Crippen molar-refractivity contribution in [3.63, 3.8) is 0 Å². The summed E-state index contributed by atoms with van der Waals surface area (Å²) >= 11 is 13.1. The molecule has 0 aliphatic rings. The second kappa shape index (κ2) is 8.68. The van der Waals surface area contributed by atoms with Gasteiger partial charge in [-0.25, -0.2) is 14.2 Å². The Hall–Kier alpha value is -2.48. The van der Waals surface area contributed by atoms with E-state index in [0.717, 1.165) is 6.07 Å². The van der Waals surface area contributed by atoms with Gasteiger partial charge < -0.3 is 4.74 Å². The molecular formula is C19H13Cl2FN2O3S. The quantitative estimate of drug-likeness (QED) is 0.484. The predicted molar refractivity (Wildman–Crippen MR) is 107 cm³/mol. The molecule has 0 saturated carbocycles. The molecule has 9 heteroatoms. The van der Waals surface area contributed by atoms with Crippen LogP contribution in [0.4, 0.5) is 15.2 Å². The van der Waals surface area contributed by atoms with E-state index in [2.05, 4.69) is 4.98 Å². The number of hydrogen-bond acceptors (Lipinski definition) is 5. The Morgan fingerprint density at radius 3 is 2.64 bits per heavy atom. The number of ether oxygens (including phenoxy) is 1. The van der Waals surface area contributed by atoms with Gasteiger partial charge in [0.1, 0.15) is 18.0 Å². The third-order valence-electron chi connectivity index (χ3n) is 3.63. The third kappa shape index (κ3) is 4.49. The fourth-order valence-electron chi connectivity index (χ4n) is 2.41. The van der Waals surface area contributed by atoms with Crippen LogP contribution in [0, 0.1) is 5.82 Å². The monoisotopic (exact) mass is 438 g/mol. The van der Waals surface area contributed by atoms with Crippen molar-refractivity contribution in [2.24, 2.45) is 0 Å². The molecule has 2 aromatic carbocycles. The molecule has 1 aromatic heterocycles. The number of carbonyl (C=O) groups is 2. The number of aromatic nitrogens is 1. The number of thiazole rings is 1. The number of hydrogen-bond donors (Lipinski definition) is 0. The van der Waals surface area contributed by atoms with Gasteiger partial charge in [-0.2, -0.15) is 0 Å². The number of rotatable bonds is 5. The molecular weight excluding hydrogens is 426 g/mol. The Morgan fingerprint density at radius 2 is 1.96 bits per heavy atom. The zero-order chi connectivity index (χ0) is 20.3. The van der Waals surface area contributed by atoms with E-state index in [-0.39, 0.29) is 23.1 Å². The Kier molecular flexibility index (Phi) is 6.28. The topological polar surface area (TPSA) is 59.5 Å². The number of halogens is 3. The van der Waals surface area contributed by atoms with Gasteiger partial charge in [-0.3, -0.25) is 9.69 Å². The van der Waals surface area contributed by atoms with E-state index in [4.69, 9.17) is 27.9 Å². The molecule has 0 unspecified atom stereocenters. The van der Waals surface area contributed by atoms with Crippen molar-refractivity contribution in [2.45, 2.75) is 13.5 Å². The van der Waals surface area contributed by atoms with Crippen LogP contribution in [0.25, 0.3) is 0 Å². The maximum absolute atomic E-state index is 13.8. The molecule has 0 spiro atoms.